The van der Waals surface area contributed by atoms with E-state index in [-0.39, 0.29) is 11.5 Å². The van der Waals surface area contributed by atoms with Gasteiger partial charge in [0, 0.05) is 25.8 Å². The van der Waals surface area contributed by atoms with Crippen LogP contribution in [-0.4, -0.2) is 55.3 Å². The Kier molecular flexibility index (Phi) is 7.54. The van der Waals surface area contributed by atoms with Gasteiger partial charge in [-0.15, -0.1) is 0 Å². The Bertz CT molecular complexity index is 536. The van der Waals surface area contributed by atoms with Gasteiger partial charge in [-0.1, -0.05) is 0 Å². The predicted octanol–water partition coefficient (Wildman–Crippen LogP) is 2.67. The van der Waals surface area contributed by atoms with Crippen molar-refractivity contribution in [2.75, 3.05) is 27.3 Å². The van der Waals surface area contributed by atoms with E-state index in [9.17, 15) is 9.59 Å². The second kappa shape index (κ2) is 9.15. The first-order chi connectivity index (χ1) is 10.9. The van der Waals surface area contributed by atoms with E-state index in [0.717, 1.165) is 25.9 Å². The van der Waals surface area contributed by atoms with E-state index >= 15 is 0 Å². The van der Waals surface area contributed by atoms with Gasteiger partial charge in [-0.05, 0) is 44.9 Å². The second-order valence-corrected chi connectivity index (χ2v) is 5.54. The standard InChI is InChI=1S/C13H15NO4.C4H10O/c1-18-11-7-9(6-10(8-11)13(16)17)12(15)14-4-2-3-5-14;1-4(2)5-3/h6-8H,2-5H2,1H3,(H,16,17);4H,1-3H3. The molecule has 128 valence electrons. The Hall–Kier alpha value is -2.08. The number of amides is 1. The third kappa shape index (κ3) is 5.90. The molecule has 1 saturated heterocycles. The van der Waals surface area contributed by atoms with Gasteiger partial charge in [0.1, 0.15) is 5.75 Å². The number of benzene rings is 1. The van der Waals surface area contributed by atoms with Gasteiger partial charge in [0.25, 0.3) is 5.91 Å². The van der Waals surface area contributed by atoms with Crippen molar-refractivity contribution in [2.45, 2.75) is 32.8 Å². The molecule has 1 N–H and O–H groups in total. The number of carboxylic acid groups (broad SMARTS) is 1. The summed E-state index contributed by atoms with van der Waals surface area (Å²) < 4.78 is 9.77. The monoisotopic (exact) mass is 323 g/mol. The van der Waals surface area contributed by atoms with Crippen LogP contribution in [0.1, 0.15) is 47.4 Å². The van der Waals surface area contributed by atoms with Gasteiger partial charge >= 0.3 is 5.97 Å². The summed E-state index contributed by atoms with van der Waals surface area (Å²) in [5.74, 6) is -0.810. The number of nitrogens with zero attached hydrogens (tertiary/aromatic N) is 1. The highest BCUT2D eigenvalue weighted by molar-refractivity contribution is 5.98. The molecule has 6 heteroatoms. The molecule has 0 radical (unpaired) electrons. The molecule has 2 rings (SSSR count). The molecule has 0 aromatic heterocycles. The SMILES string of the molecule is COC(C)C.COc1cc(C(=O)O)cc(C(=O)N2CCCC2)c1. The van der Waals surface area contributed by atoms with Crippen LogP contribution in [0.3, 0.4) is 0 Å². The van der Waals surface area contributed by atoms with Crippen LogP contribution in [0.4, 0.5) is 0 Å². The van der Waals surface area contributed by atoms with Gasteiger partial charge in [-0.2, -0.15) is 0 Å². The van der Waals surface area contributed by atoms with Gasteiger partial charge in [-0.3, -0.25) is 4.79 Å². The molecule has 1 heterocycles. The molecule has 0 bridgehead atoms. The quantitative estimate of drug-likeness (QED) is 0.922. The van der Waals surface area contributed by atoms with Crippen molar-refractivity contribution in [3.63, 3.8) is 0 Å². The molecule has 0 aliphatic carbocycles. The van der Waals surface area contributed by atoms with E-state index in [1.165, 1.54) is 19.2 Å². The fraction of sp³-hybridized carbons (Fsp3) is 0.529. The number of methoxy groups -OCH3 is 2. The third-order valence-corrected chi connectivity index (χ3v) is 3.50. The van der Waals surface area contributed by atoms with E-state index in [2.05, 4.69) is 0 Å². The lowest BCUT2D eigenvalue weighted by Crippen LogP contribution is -2.27. The minimum Gasteiger partial charge on any atom is -0.497 e. The number of ether oxygens (including phenoxy) is 2. The number of hydrogen-bond acceptors (Lipinski definition) is 4. The van der Waals surface area contributed by atoms with Crippen LogP contribution in [0.2, 0.25) is 0 Å². The van der Waals surface area contributed by atoms with Crippen LogP contribution in [0, 0.1) is 0 Å². The zero-order valence-electron chi connectivity index (χ0n) is 14.2. The average Bonchev–Trinajstić information content (AvgIpc) is 3.08. The first-order valence-corrected chi connectivity index (χ1v) is 7.63. The molecule has 1 fully saturated rings. The topological polar surface area (TPSA) is 76.1 Å². The predicted molar refractivity (Wildman–Crippen MR) is 87.2 cm³/mol. The average molecular weight is 323 g/mol. The molecule has 0 spiro atoms. The third-order valence-electron chi connectivity index (χ3n) is 3.50. The number of rotatable bonds is 4. The first-order valence-electron chi connectivity index (χ1n) is 7.63. The summed E-state index contributed by atoms with van der Waals surface area (Å²) in [6, 6.07) is 4.38. The molecule has 23 heavy (non-hydrogen) atoms. The van der Waals surface area contributed by atoms with Crippen molar-refractivity contribution in [3.05, 3.63) is 29.3 Å². The van der Waals surface area contributed by atoms with Crippen LogP contribution >= 0.6 is 0 Å². The van der Waals surface area contributed by atoms with E-state index < -0.39 is 5.97 Å². The van der Waals surface area contributed by atoms with E-state index in [0.29, 0.717) is 17.4 Å². The molecular formula is C17H25NO5. The number of likely N-dealkylation sites (tertiary alicyclic amines) is 1. The zero-order valence-corrected chi connectivity index (χ0v) is 14.2. The van der Waals surface area contributed by atoms with Gasteiger partial charge < -0.3 is 19.5 Å². The smallest absolute Gasteiger partial charge is 0.335 e. The molecule has 0 atom stereocenters. The van der Waals surface area contributed by atoms with Crippen molar-refractivity contribution in [3.8, 4) is 5.75 Å². The van der Waals surface area contributed by atoms with Crippen LogP contribution in [0.15, 0.2) is 18.2 Å². The van der Waals surface area contributed by atoms with Gasteiger partial charge in [0.2, 0.25) is 0 Å². The van der Waals surface area contributed by atoms with Gasteiger partial charge in [0.05, 0.1) is 18.8 Å². The van der Waals surface area contributed by atoms with Crippen molar-refractivity contribution >= 4 is 11.9 Å². The lowest BCUT2D eigenvalue weighted by Gasteiger charge is -2.16. The molecule has 1 aliphatic heterocycles. The first kappa shape index (κ1) is 19.0. The zero-order chi connectivity index (χ0) is 17.4. The van der Waals surface area contributed by atoms with Crippen LogP contribution < -0.4 is 4.74 Å². The number of carbonyl (C=O) groups excluding carboxylic acids is 1. The normalized spacial score (nSPS) is 13.5. The molecule has 1 amide bonds. The van der Waals surface area contributed by atoms with Crippen LogP contribution in [0.5, 0.6) is 5.75 Å². The maximum atomic E-state index is 12.2. The largest absolute Gasteiger partial charge is 0.497 e. The van der Waals surface area contributed by atoms with E-state index in [4.69, 9.17) is 14.6 Å². The summed E-state index contributed by atoms with van der Waals surface area (Å²) in [4.78, 5) is 24.9. The van der Waals surface area contributed by atoms with Crippen LogP contribution in [0.25, 0.3) is 0 Å². The van der Waals surface area contributed by atoms with Gasteiger partial charge in [-0.25, -0.2) is 4.79 Å². The summed E-state index contributed by atoms with van der Waals surface area (Å²) in [6.45, 7) is 5.47. The lowest BCUT2D eigenvalue weighted by atomic mass is 10.1. The Balaban J connectivity index is 0.000000463. The van der Waals surface area contributed by atoms with Crippen LogP contribution in [-0.2, 0) is 4.74 Å². The number of carbonyl (C=O) groups is 2. The molecule has 1 aliphatic rings. The van der Waals surface area contributed by atoms with E-state index in [1.807, 2.05) is 13.8 Å². The second-order valence-electron chi connectivity index (χ2n) is 5.54. The number of aromatic carboxylic acids is 1. The summed E-state index contributed by atoms with van der Waals surface area (Å²) in [7, 11) is 3.15. The Morgan fingerprint density at radius 2 is 1.61 bits per heavy atom. The molecule has 0 unspecified atom stereocenters. The fourth-order valence-electron chi connectivity index (χ4n) is 2.07. The minimum atomic E-state index is -1.07. The molecule has 6 nitrogen and oxygen atoms in total. The molecule has 0 saturated carbocycles. The minimum absolute atomic E-state index is 0.0666. The molecular weight excluding hydrogens is 298 g/mol. The highest BCUT2D eigenvalue weighted by atomic mass is 16.5. The maximum Gasteiger partial charge on any atom is 0.335 e. The number of hydrogen-bond donors (Lipinski definition) is 1. The highest BCUT2D eigenvalue weighted by Gasteiger charge is 2.21. The fourth-order valence-corrected chi connectivity index (χ4v) is 2.07. The lowest BCUT2D eigenvalue weighted by molar-refractivity contribution is 0.0696. The van der Waals surface area contributed by atoms with Crippen molar-refractivity contribution in [2.24, 2.45) is 0 Å². The van der Waals surface area contributed by atoms with E-state index in [1.54, 1.807) is 18.1 Å². The summed E-state index contributed by atoms with van der Waals surface area (Å²) in [5, 5.41) is 9.00. The molecule has 1 aromatic rings. The maximum absolute atomic E-state index is 12.2. The Morgan fingerprint density at radius 3 is 2.04 bits per heavy atom. The summed E-state index contributed by atoms with van der Waals surface area (Å²) in [6.07, 6.45) is 2.39. The van der Waals surface area contributed by atoms with Crippen molar-refractivity contribution in [1.82, 2.24) is 4.90 Å². The summed E-state index contributed by atoms with van der Waals surface area (Å²) in [5.41, 5.74) is 0.436. The van der Waals surface area contributed by atoms with Gasteiger partial charge in [0.15, 0.2) is 0 Å². The highest BCUT2D eigenvalue weighted by Crippen LogP contribution is 2.20. The number of carboxylic acids is 1. The summed E-state index contributed by atoms with van der Waals surface area (Å²) >= 11 is 0. The molecule has 1 aromatic carbocycles. The Labute approximate surface area is 137 Å². The van der Waals surface area contributed by atoms with Crippen molar-refractivity contribution < 1.29 is 24.2 Å². The Morgan fingerprint density at radius 1 is 1.09 bits per heavy atom. The van der Waals surface area contributed by atoms with Crippen molar-refractivity contribution in [1.29, 1.82) is 0 Å².